The topological polar surface area (TPSA) is 59.1 Å². The predicted octanol–water partition coefficient (Wildman–Crippen LogP) is 3.56. The van der Waals surface area contributed by atoms with Gasteiger partial charge in [0.2, 0.25) is 11.8 Å². The van der Waals surface area contributed by atoms with Gasteiger partial charge in [-0.25, -0.2) is 4.39 Å². The van der Waals surface area contributed by atoms with Crippen molar-refractivity contribution in [2.24, 2.45) is 5.92 Å². The van der Waals surface area contributed by atoms with Crippen LogP contribution in [0.5, 0.6) is 11.5 Å². The van der Waals surface area contributed by atoms with Gasteiger partial charge in [-0.2, -0.15) is 0 Å². The highest BCUT2D eigenvalue weighted by atomic mass is 19.1. The molecule has 158 valence electrons. The van der Waals surface area contributed by atoms with Crippen molar-refractivity contribution in [2.75, 3.05) is 32.2 Å². The summed E-state index contributed by atoms with van der Waals surface area (Å²) in [6, 6.07) is 11.4. The molecule has 0 bridgehead atoms. The Kier molecular flexibility index (Phi) is 5.61. The van der Waals surface area contributed by atoms with E-state index >= 15 is 0 Å². The average Bonchev–Trinajstić information content (AvgIpc) is 3.39. The maximum absolute atomic E-state index is 13.6. The Morgan fingerprint density at radius 2 is 1.97 bits per heavy atom. The van der Waals surface area contributed by atoms with Gasteiger partial charge in [0.25, 0.3) is 0 Å². The quantitative estimate of drug-likeness (QED) is 0.754. The van der Waals surface area contributed by atoms with E-state index in [4.69, 9.17) is 9.47 Å². The Bertz CT molecular complexity index is 964. The van der Waals surface area contributed by atoms with Crippen LogP contribution in [-0.4, -0.2) is 44.0 Å². The van der Waals surface area contributed by atoms with Gasteiger partial charge in [-0.15, -0.1) is 0 Å². The first-order valence-corrected chi connectivity index (χ1v) is 10.1. The van der Waals surface area contributed by atoms with E-state index in [1.165, 1.54) is 17.0 Å². The van der Waals surface area contributed by atoms with Crippen LogP contribution in [0.25, 0.3) is 0 Å². The van der Waals surface area contributed by atoms with Crippen molar-refractivity contribution >= 4 is 17.5 Å². The van der Waals surface area contributed by atoms with Gasteiger partial charge in [0, 0.05) is 30.8 Å². The van der Waals surface area contributed by atoms with Crippen LogP contribution in [0, 0.1) is 11.7 Å². The monoisotopic (exact) mass is 412 g/mol. The number of nitrogens with zero attached hydrogens (tertiary/aromatic N) is 2. The van der Waals surface area contributed by atoms with E-state index in [0.29, 0.717) is 23.7 Å². The van der Waals surface area contributed by atoms with Crippen molar-refractivity contribution in [3.63, 3.8) is 0 Å². The third-order valence-electron chi connectivity index (χ3n) is 5.93. The minimum atomic E-state index is -0.446. The number of likely N-dealkylation sites (tertiary alicyclic amines) is 1. The number of benzene rings is 2. The third-order valence-corrected chi connectivity index (χ3v) is 5.93. The molecular formula is C23H25FN2O4. The molecule has 4 rings (SSSR count). The number of carbonyl (C=O) groups excluding carboxylic acids is 2. The predicted molar refractivity (Wildman–Crippen MR) is 110 cm³/mol. The Labute approximate surface area is 175 Å². The zero-order chi connectivity index (χ0) is 21.3. The van der Waals surface area contributed by atoms with E-state index in [-0.39, 0.29) is 30.8 Å². The van der Waals surface area contributed by atoms with Crippen molar-refractivity contribution < 1.29 is 23.5 Å². The molecule has 2 aliphatic heterocycles. The van der Waals surface area contributed by atoms with Crippen molar-refractivity contribution in [1.29, 1.82) is 0 Å². The van der Waals surface area contributed by atoms with Crippen LogP contribution in [0.4, 0.5) is 10.1 Å². The first-order chi connectivity index (χ1) is 14.5. The van der Waals surface area contributed by atoms with Crippen LogP contribution < -0.4 is 14.4 Å². The minimum absolute atomic E-state index is 0.0466. The summed E-state index contributed by atoms with van der Waals surface area (Å²) in [4.78, 5) is 29.3. The first kappa shape index (κ1) is 20.2. The molecule has 2 saturated heterocycles. The van der Waals surface area contributed by atoms with E-state index in [2.05, 4.69) is 0 Å². The highest BCUT2D eigenvalue weighted by Crippen LogP contribution is 2.40. The summed E-state index contributed by atoms with van der Waals surface area (Å²) in [5.41, 5.74) is 1.40. The standard InChI is InChI=1S/C23H25FN2O4/c1-29-18-8-9-21(30-2)19(13-18)20-7-4-10-25(20)23(28)15-11-22(27)26(14-15)17-6-3-5-16(24)12-17/h3,5-6,8-9,12-13,15,20H,4,7,10-11,14H2,1-2H3/t15-,20+/m0/s1. The third kappa shape index (κ3) is 3.72. The number of methoxy groups -OCH3 is 2. The number of carbonyl (C=O) groups is 2. The fraction of sp³-hybridized carbons (Fsp3) is 0.391. The van der Waals surface area contributed by atoms with Crippen LogP contribution in [0.2, 0.25) is 0 Å². The highest BCUT2D eigenvalue weighted by molar-refractivity contribution is 6.00. The molecule has 30 heavy (non-hydrogen) atoms. The molecule has 2 aromatic rings. The van der Waals surface area contributed by atoms with E-state index in [1.54, 1.807) is 26.4 Å². The lowest BCUT2D eigenvalue weighted by Gasteiger charge is -2.29. The molecule has 0 aromatic heterocycles. The van der Waals surface area contributed by atoms with Gasteiger partial charge < -0.3 is 19.3 Å². The molecule has 2 atom stereocenters. The van der Waals surface area contributed by atoms with Gasteiger partial charge in [0.1, 0.15) is 17.3 Å². The maximum atomic E-state index is 13.6. The molecule has 0 spiro atoms. The van der Waals surface area contributed by atoms with E-state index < -0.39 is 11.7 Å². The molecule has 2 amide bonds. The molecule has 7 heteroatoms. The molecule has 0 unspecified atom stereocenters. The summed E-state index contributed by atoms with van der Waals surface area (Å²) in [5.74, 6) is 0.365. The van der Waals surface area contributed by atoms with Crippen LogP contribution in [0.3, 0.4) is 0 Å². The van der Waals surface area contributed by atoms with Crippen LogP contribution >= 0.6 is 0 Å². The average molecular weight is 412 g/mol. The second kappa shape index (κ2) is 8.34. The summed E-state index contributed by atoms with van der Waals surface area (Å²) in [5, 5.41) is 0. The van der Waals surface area contributed by atoms with Crippen molar-refractivity contribution in [2.45, 2.75) is 25.3 Å². The lowest BCUT2D eigenvalue weighted by atomic mass is 10.0. The van der Waals surface area contributed by atoms with E-state index in [9.17, 15) is 14.0 Å². The lowest BCUT2D eigenvalue weighted by Crippen LogP contribution is -2.37. The van der Waals surface area contributed by atoms with Gasteiger partial charge >= 0.3 is 0 Å². The Morgan fingerprint density at radius 1 is 1.13 bits per heavy atom. The summed E-state index contributed by atoms with van der Waals surface area (Å²) in [6.07, 6.45) is 1.84. The maximum Gasteiger partial charge on any atom is 0.228 e. The Hall–Kier alpha value is -3.09. The number of amides is 2. The first-order valence-electron chi connectivity index (χ1n) is 10.1. The van der Waals surface area contributed by atoms with Crippen LogP contribution in [-0.2, 0) is 9.59 Å². The van der Waals surface area contributed by atoms with Gasteiger partial charge in [0.05, 0.1) is 26.2 Å². The molecule has 0 radical (unpaired) electrons. The molecular weight excluding hydrogens is 387 g/mol. The van der Waals surface area contributed by atoms with Crippen molar-refractivity contribution in [3.8, 4) is 11.5 Å². The van der Waals surface area contributed by atoms with Crippen LogP contribution in [0.1, 0.15) is 30.9 Å². The van der Waals surface area contributed by atoms with E-state index in [1.807, 2.05) is 23.1 Å². The van der Waals surface area contributed by atoms with Gasteiger partial charge in [-0.3, -0.25) is 9.59 Å². The fourth-order valence-electron chi connectivity index (χ4n) is 4.45. The summed E-state index contributed by atoms with van der Waals surface area (Å²) >= 11 is 0. The zero-order valence-corrected chi connectivity index (χ0v) is 17.1. The molecule has 2 fully saturated rings. The largest absolute Gasteiger partial charge is 0.497 e. The highest BCUT2D eigenvalue weighted by Gasteiger charge is 2.41. The van der Waals surface area contributed by atoms with Gasteiger partial charge in [-0.05, 0) is 49.2 Å². The normalized spacial score (nSPS) is 21.2. The number of hydrogen-bond acceptors (Lipinski definition) is 4. The summed E-state index contributed by atoms with van der Waals surface area (Å²) in [7, 11) is 3.22. The second-order valence-electron chi connectivity index (χ2n) is 7.68. The van der Waals surface area contributed by atoms with E-state index in [0.717, 1.165) is 18.4 Å². The van der Waals surface area contributed by atoms with Crippen LogP contribution in [0.15, 0.2) is 42.5 Å². The Balaban J connectivity index is 1.55. The molecule has 0 aliphatic carbocycles. The van der Waals surface area contributed by atoms with Gasteiger partial charge in [0.15, 0.2) is 0 Å². The lowest BCUT2D eigenvalue weighted by molar-refractivity contribution is -0.136. The van der Waals surface area contributed by atoms with Crippen molar-refractivity contribution in [1.82, 2.24) is 4.90 Å². The molecule has 2 aromatic carbocycles. The minimum Gasteiger partial charge on any atom is -0.497 e. The summed E-state index contributed by atoms with van der Waals surface area (Å²) in [6.45, 7) is 0.897. The summed E-state index contributed by atoms with van der Waals surface area (Å²) < 4.78 is 24.5. The zero-order valence-electron chi connectivity index (χ0n) is 17.1. The number of anilines is 1. The molecule has 0 N–H and O–H groups in total. The molecule has 2 heterocycles. The smallest absolute Gasteiger partial charge is 0.228 e. The SMILES string of the molecule is COc1ccc(OC)c([C@H]2CCCN2C(=O)[C@H]2CC(=O)N(c3cccc(F)c3)C2)c1. The van der Waals surface area contributed by atoms with Crippen molar-refractivity contribution in [3.05, 3.63) is 53.8 Å². The number of ether oxygens (including phenoxy) is 2. The van der Waals surface area contributed by atoms with Gasteiger partial charge in [-0.1, -0.05) is 6.07 Å². The number of hydrogen-bond donors (Lipinski definition) is 0. The molecule has 6 nitrogen and oxygen atoms in total. The second-order valence-corrected chi connectivity index (χ2v) is 7.68. The fourth-order valence-corrected chi connectivity index (χ4v) is 4.45. The molecule has 2 aliphatic rings. The number of rotatable bonds is 5. The Morgan fingerprint density at radius 3 is 2.70 bits per heavy atom. The molecule has 0 saturated carbocycles. The number of halogens is 1.